The third-order valence-corrected chi connectivity index (χ3v) is 3.67. The van der Waals surface area contributed by atoms with Gasteiger partial charge in [-0.15, -0.1) is 0 Å². The number of rotatable bonds is 7. The second kappa shape index (κ2) is 9.08. The Kier molecular flexibility index (Phi) is 6.82. The third-order valence-electron chi connectivity index (χ3n) is 3.15. The van der Waals surface area contributed by atoms with Gasteiger partial charge in [0.1, 0.15) is 0 Å². The first kappa shape index (κ1) is 18.8. The Labute approximate surface area is 154 Å². The molecule has 0 spiro atoms. The van der Waals surface area contributed by atoms with E-state index in [4.69, 9.17) is 20.0 Å². The van der Waals surface area contributed by atoms with Gasteiger partial charge < -0.3 is 20.0 Å². The number of carbonyl (C=O) groups is 1. The number of nitrogens with zero attached hydrogens (tertiary/aromatic N) is 1. The molecule has 0 amide bonds. The Bertz CT molecular complexity index is 760. The number of hydrogen-bond acceptors (Lipinski definition) is 5. The summed E-state index contributed by atoms with van der Waals surface area (Å²) < 4.78 is 11.9. The highest BCUT2D eigenvalue weighted by molar-refractivity contribution is 9.10. The van der Waals surface area contributed by atoms with E-state index in [1.807, 2.05) is 26.0 Å². The first-order valence-electron chi connectivity index (χ1n) is 7.75. The van der Waals surface area contributed by atoms with Crippen LogP contribution in [0.15, 0.2) is 52.1 Å². The summed E-state index contributed by atoms with van der Waals surface area (Å²) in [6.45, 7) is 4.67. The molecule has 0 radical (unpaired) electrons. The van der Waals surface area contributed by atoms with Gasteiger partial charge in [0.15, 0.2) is 17.3 Å². The Hall–Kier alpha value is -2.54. The van der Waals surface area contributed by atoms with Gasteiger partial charge in [0.05, 0.1) is 18.8 Å². The Morgan fingerprint density at radius 2 is 1.60 bits per heavy atom. The largest absolute Gasteiger partial charge is 0.490 e. The van der Waals surface area contributed by atoms with Crippen molar-refractivity contribution in [2.24, 2.45) is 10.9 Å². The predicted octanol–water partition coefficient (Wildman–Crippen LogP) is 3.72. The number of benzene rings is 2. The number of nitrogens with two attached hydrogens (primary N) is 1. The van der Waals surface area contributed by atoms with E-state index in [0.29, 0.717) is 35.8 Å². The van der Waals surface area contributed by atoms with Crippen LogP contribution in [0.1, 0.15) is 29.8 Å². The van der Waals surface area contributed by atoms with Gasteiger partial charge in [0, 0.05) is 10.0 Å². The SMILES string of the molecule is CCOc1ccc(C(=O)ON=C(N)c2ccc(Br)cc2)cc1OCC. The highest BCUT2D eigenvalue weighted by Gasteiger charge is 2.13. The molecule has 25 heavy (non-hydrogen) atoms. The van der Waals surface area contributed by atoms with Gasteiger partial charge in [-0.2, -0.15) is 0 Å². The molecule has 2 aromatic carbocycles. The van der Waals surface area contributed by atoms with Crippen molar-refractivity contribution in [2.45, 2.75) is 13.8 Å². The van der Waals surface area contributed by atoms with Crippen molar-refractivity contribution >= 4 is 27.7 Å². The molecule has 2 N–H and O–H groups in total. The molecular formula is C18H19BrN2O4. The number of oxime groups is 1. The van der Waals surface area contributed by atoms with Gasteiger partial charge in [0.25, 0.3) is 0 Å². The number of ether oxygens (including phenoxy) is 2. The number of carbonyl (C=O) groups excluding carboxylic acids is 1. The summed E-state index contributed by atoms with van der Waals surface area (Å²) in [7, 11) is 0. The summed E-state index contributed by atoms with van der Waals surface area (Å²) in [6.07, 6.45) is 0. The van der Waals surface area contributed by atoms with Crippen molar-refractivity contribution in [2.75, 3.05) is 13.2 Å². The summed E-state index contributed by atoms with van der Waals surface area (Å²) in [5.74, 6) is 0.517. The molecule has 0 fully saturated rings. The van der Waals surface area contributed by atoms with Crippen molar-refractivity contribution in [3.63, 3.8) is 0 Å². The van der Waals surface area contributed by atoms with Crippen molar-refractivity contribution < 1.29 is 19.1 Å². The average Bonchev–Trinajstić information content (AvgIpc) is 2.62. The molecule has 0 saturated heterocycles. The molecule has 0 aliphatic heterocycles. The molecule has 7 heteroatoms. The van der Waals surface area contributed by atoms with Gasteiger partial charge in [-0.05, 0) is 44.2 Å². The maximum atomic E-state index is 12.2. The minimum atomic E-state index is -0.635. The van der Waals surface area contributed by atoms with E-state index in [2.05, 4.69) is 21.1 Å². The average molecular weight is 407 g/mol. The van der Waals surface area contributed by atoms with Crippen molar-refractivity contribution in [3.05, 3.63) is 58.1 Å². The Balaban J connectivity index is 2.13. The molecule has 0 aliphatic rings. The fraction of sp³-hybridized carbons (Fsp3) is 0.222. The molecule has 0 heterocycles. The van der Waals surface area contributed by atoms with Crippen LogP contribution in [0.4, 0.5) is 0 Å². The Morgan fingerprint density at radius 3 is 2.24 bits per heavy atom. The lowest BCUT2D eigenvalue weighted by Gasteiger charge is -2.11. The molecule has 132 valence electrons. The standard InChI is InChI=1S/C18H19BrN2O4/c1-3-23-15-10-7-13(11-16(15)24-4-2)18(22)25-21-17(20)12-5-8-14(19)9-6-12/h5-11H,3-4H2,1-2H3,(H2,20,21). The predicted molar refractivity (Wildman–Crippen MR) is 99.1 cm³/mol. The lowest BCUT2D eigenvalue weighted by Crippen LogP contribution is -2.15. The van der Waals surface area contributed by atoms with E-state index in [1.165, 1.54) is 0 Å². The van der Waals surface area contributed by atoms with Crippen LogP contribution >= 0.6 is 15.9 Å². The fourth-order valence-corrected chi connectivity index (χ4v) is 2.26. The van der Waals surface area contributed by atoms with E-state index in [-0.39, 0.29) is 5.84 Å². The normalized spacial score (nSPS) is 11.1. The van der Waals surface area contributed by atoms with Crippen LogP contribution in [0.2, 0.25) is 0 Å². The molecule has 2 aromatic rings. The minimum Gasteiger partial charge on any atom is -0.490 e. The maximum absolute atomic E-state index is 12.2. The van der Waals surface area contributed by atoms with Crippen LogP contribution in [-0.2, 0) is 4.84 Å². The molecule has 0 unspecified atom stereocenters. The lowest BCUT2D eigenvalue weighted by atomic mass is 10.2. The molecule has 0 atom stereocenters. The van der Waals surface area contributed by atoms with E-state index in [1.54, 1.807) is 30.3 Å². The minimum absolute atomic E-state index is 0.108. The highest BCUT2D eigenvalue weighted by atomic mass is 79.9. The Morgan fingerprint density at radius 1 is 1.00 bits per heavy atom. The van der Waals surface area contributed by atoms with Gasteiger partial charge in [0.2, 0.25) is 0 Å². The van der Waals surface area contributed by atoms with Crippen LogP contribution in [0.5, 0.6) is 11.5 Å². The van der Waals surface area contributed by atoms with E-state index in [9.17, 15) is 4.79 Å². The number of hydrogen-bond donors (Lipinski definition) is 1. The van der Waals surface area contributed by atoms with E-state index >= 15 is 0 Å². The van der Waals surface area contributed by atoms with Crippen LogP contribution in [-0.4, -0.2) is 25.0 Å². The monoisotopic (exact) mass is 406 g/mol. The van der Waals surface area contributed by atoms with Gasteiger partial charge in [-0.1, -0.05) is 33.2 Å². The zero-order chi connectivity index (χ0) is 18.2. The molecular weight excluding hydrogens is 388 g/mol. The van der Waals surface area contributed by atoms with Crippen molar-refractivity contribution in [1.29, 1.82) is 0 Å². The molecule has 0 saturated carbocycles. The molecule has 6 nitrogen and oxygen atoms in total. The van der Waals surface area contributed by atoms with E-state index in [0.717, 1.165) is 4.47 Å². The highest BCUT2D eigenvalue weighted by Crippen LogP contribution is 2.28. The third kappa shape index (κ3) is 5.22. The number of halogens is 1. The van der Waals surface area contributed by atoms with Crippen molar-refractivity contribution in [1.82, 2.24) is 0 Å². The molecule has 2 rings (SSSR count). The smallest absolute Gasteiger partial charge is 0.365 e. The van der Waals surface area contributed by atoms with Gasteiger partial charge in [-0.25, -0.2) is 4.79 Å². The zero-order valence-electron chi connectivity index (χ0n) is 14.0. The van der Waals surface area contributed by atoms with Crippen LogP contribution in [0.3, 0.4) is 0 Å². The van der Waals surface area contributed by atoms with Gasteiger partial charge in [-0.3, -0.25) is 0 Å². The summed E-state index contributed by atoms with van der Waals surface area (Å²) in [4.78, 5) is 17.1. The topological polar surface area (TPSA) is 83.1 Å². The zero-order valence-corrected chi connectivity index (χ0v) is 15.6. The van der Waals surface area contributed by atoms with Crippen molar-refractivity contribution in [3.8, 4) is 11.5 Å². The maximum Gasteiger partial charge on any atom is 0.365 e. The molecule has 0 bridgehead atoms. The molecule has 0 aliphatic carbocycles. The van der Waals surface area contributed by atoms with Crippen LogP contribution < -0.4 is 15.2 Å². The van der Waals surface area contributed by atoms with E-state index < -0.39 is 5.97 Å². The summed E-state index contributed by atoms with van der Waals surface area (Å²) >= 11 is 3.34. The summed E-state index contributed by atoms with van der Waals surface area (Å²) in [5.41, 5.74) is 6.77. The summed E-state index contributed by atoms with van der Waals surface area (Å²) in [6, 6.07) is 12.0. The molecule has 0 aromatic heterocycles. The number of amidine groups is 1. The first-order valence-corrected chi connectivity index (χ1v) is 8.54. The second-order valence-corrected chi connectivity index (χ2v) is 5.81. The lowest BCUT2D eigenvalue weighted by molar-refractivity contribution is 0.0515. The first-order chi connectivity index (χ1) is 12.0. The quantitative estimate of drug-likeness (QED) is 0.327. The van der Waals surface area contributed by atoms with Gasteiger partial charge >= 0.3 is 5.97 Å². The summed E-state index contributed by atoms with van der Waals surface area (Å²) in [5, 5.41) is 3.69. The fourth-order valence-electron chi connectivity index (χ4n) is 1.99. The second-order valence-electron chi connectivity index (χ2n) is 4.89. The van der Waals surface area contributed by atoms with Crippen LogP contribution in [0.25, 0.3) is 0 Å². The van der Waals surface area contributed by atoms with Crippen LogP contribution in [0, 0.1) is 0 Å².